The Bertz CT molecular complexity index is 1070. The maximum atomic E-state index is 13.3. The fourth-order valence-corrected chi connectivity index (χ4v) is 3.66. The van der Waals surface area contributed by atoms with Gasteiger partial charge in [0.15, 0.2) is 0 Å². The first-order valence-electron chi connectivity index (χ1n) is 9.86. The van der Waals surface area contributed by atoms with Crippen LogP contribution < -0.4 is 10.2 Å². The zero-order chi connectivity index (χ0) is 22.8. The van der Waals surface area contributed by atoms with Crippen molar-refractivity contribution in [1.82, 2.24) is 0 Å². The summed E-state index contributed by atoms with van der Waals surface area (Å²) in [6.07, 6.45) is -4.39. The van der Waals surface area contributed by atoms with Gasteiger partial charge in [0.1, 0.15) is 0 Å². The van der Waals surface area contributed by atoms with Crippen molar-refractivity contribution in [1.29, 1.82) is 0 Å². The summed E-state index contributed by atoms with van der Waals surface area (Å²) in [6, 6.07) is 18.7. The number of nitrogens with one attached hydrogen (secondary N) is 1. The summed E-state index contributed by atoms with van der Waals surface area (Å²) >= 11 is 6.23. The molecule has 6 heteroatoms. The van der Waals surface area contributed by atoms with Crippen LogP contribution in [0.3, 0.4) is 0 Å². The number of hydrogen-bond donors (Lipinski definition) is 1. The van der Waals surface area contributed by atoms with Gasteiger partial charge in [-0.15, -0.1) is 0 Å². The second-order valence-electron chi connectivity index (χ2n) is 7.59. The third-order valence-electron chi connectivity index (χ3n) is 4.95. The lowest BCUT2D eigenvalue weighted by Gasteiger charge is -2.31. The van der Waals surface area contributed by atoms with Crippen LogP contribution in [0.5, 0.6) is 0 Å². The van der Waals surface area contributed by atoms with Crippen molar-refractivity contribution >= 4 is 34.4 Å². The van der Waals surface area contributed by atoms with E-state index in [1.54, 1.807) is 6.07 Å². The highest BCUT2D eigenvalue weighted by atomic mass is 35.5. The second kappa shape index (κ2) is 9.06. The minimum Gasteiger partial charge on any atom is -0.355 e. The standard InChI is InChI=1S/C25H24ClF3N2/c1-16(2)31(24-15-19(25(27,28)29)10-9-17(24)3)21-13-11-20(12-14-21)30-18(4)22-7-5-6-8-23(22)26/h5-16,30H,4H2,1-3H3. The Morgan fingerprint density at radius 2 is 1.65 bits per heavy atom. The average Bonchev–Trinajstić information content (AvgIpc) is 2.70. The molecule has 3 rings (SSSR count). The highest BCUT2D eigenvalue weighted by Crippen LogP contribution is 2.37. The van der Waals surface area contributed by atoms with Crippen molar-refractivity contribution < 1.29 is 13.2 Å². The lowest BCUT2D eigenvalue weighted by Crippen LogP contribution is -2.26. The molecule has 0 aliphatic rings. The Hall–Kier alpha value is -2.92. The zero-order valence-corrected chi connectivity index (χ0v) is 18.4. The first kappa shape index (κ1) is 22.8. The second-order valence-corrected chi connectivity index (χ2v) is 8.00. The van der Waals surface area contributed by atoms with Crippen LogP contribution in [-0.4, -0.2) is 6.04 Å². The van der Waals surface area contributed by atoms with Gasteiger partial charge >= 0.3 is 6.18 Å². The molecule has 0 fully saturated rings. The van der Waals surface area contributed by atoms with Gasteiger partial charge in [0, 0.05) is 39.4 Å². The van der Waals surface area contributed by atoms with Crippen LogP contribution in [0.1, 0.15) is 30.5 Å². The van der Waals surface area contributed by atoms with E-state index >= 15 is 0 Å². The first-order valence-corrected chi connectivity index (χ1v) is 10.2. The average molecular weight is 445 g/mol. The molecule has 3 aromatic carbocycles. The van der Waals surface area contributed by atoms with Gasteiger partial charge in [-0.25, -0.2) is 0 Å². The maximum Gasteiger partial charge on any atom is 0.416 e. The zero-order valence-electron chi connectivity index (χ0n) is 17.6. The predicted octanol–water partition coefficient (Wildman–Crippen LogP) is 8.30. The summed E-state index contributed by atoms with van der Waals surface area (Å²) < 4.78 is 39.8. The largest absolute Gasteiger partial charge is 0.416 e. The van der Waals surface area contributed by atoms with Gasteiger partial charge in [-0.1, -0.05) is 42.4 Å². The van der Waals surface area contributed by atoms with E-state index in [2.05, 4.69) is 11.9 Å². The third kappa shape index (κ3) is 5.23. The van der Waals surface area contributed by atoms with Gasteiger partial charge in [0.05, 0.1) is 5.56 Å². The third-order valence-corrected chi connectivity index (χ3v) is 5.28. The van der Waals surface area contributed by atoms with E-state index in [1.807, 2.05) is 68.1 Å². The molecule has 0 amide bonds. The molecule has 162 valence electrons. The van der Waals surface area contributed by atoms with Crippen LogP contribution in [0.2, 0.25) is 5.02 Å². The molecule has 0 aromatic heterocycles. The monoisotopic (exact) mass is 444 g/mol. The molecule has 0 unspecified atom stereocenters. The molecule has 0 spiro atoms. The van der Waals surface area contributed by atoms with Gasteiger partial charge in [-0.05, 0) is 68.8 Å². The first-order chi connectivity index (χ1) is 14.6. The van der Waals surface area contributed by atoms with E-state index in [4.69, 9.17) is 11.6 Å². The fraction of sp³-hybridized carbons (Fsp3) is 0.200. The van der Waals surface area contributed by atoms with E-state index in [9.17, 15) is 13.2 Å². The van der Waals surface area contributed by atoms with Gasteiger partial charge in [-0.2, -0.15) is 13.2 Å². The number of anilines is 3. The minimum atomic E-state index is -4.39. The Morgan fingerprint density at radius 3 is 2.23 bits per heavy atom. The Labute approximate surface area is 186 Å². The number of benzene rings is 3. The van der Waals surface area contributed by atoms with Gasteiger partial charge in [0.2, 0.25) is 0 Å². The molecule has 0 saturated carbocycles. The summed E-state index contributed by atoms with van der Waals surface area (Å²) in [4.78, 5) is 1.90. The number of halogens is 4. The van der Waals surface area contributed by atoms with E-state index in [0.717, 1.165) is 28.6 Å². The highest BCUT2D eigenvalue weighted by Gasteiger charge is 2.31. The summed E-state index contributed by atoms with van der Waals surface area (Å²) in [7, 11) is 0. The lowest BCUT2D eigenvalue weighted by molar-refractivity contribution is -0.137. The quantitative estimate of drug-likeness (QED) is 0.411. The molecular weight excluding hydrogens is 421 g/mol. The van der Waals surface area contributed by atoms with Crippen molar-refractivity contribution in [3.05, 3.63) is 95.0 Å². The van der Waals surface area contributed by atoms with Crippen molar-refractivity contribution in [2.75, 3.05) is 10.2 Å². The highest BCUT2D eigenvalue weighted by molar-refractivity contribution is 6.32. The van der Waals surface area contributed by atoms with Crippen molar-refractivity contribution in [2.45, 2.75) is 33.0 Å². The van der Waals surface area contributed by atoms with Crippen molar-refractivity contribution in [2.24, 2.45) is 0 Å². The van der Waals surface area contributed by atoms with E-state index in [-0.39, 0.29) is 6.04 Å². The normalized spacial score (nSPS) is 11.5. The SMILES string of the molecule is C=C(Nc1ccc(N(c2cc(C(F)(F)F)ccc2C)C(C)C)cc1)c1ccccc1Cl. The summed E-state index contributed by atoms with van der Waals surface area (Å²) in [5.41, 5.74) is 3.71. The molecule has 2 nitrogen and oxygen atoms in total. The van der Waals surface area contributed by atoms with Crippen LogP contribution in [-0.2, 0) is 6.18 Å². The van der Waals surface area contributed by atoms with Crippen LogP contribution in [0.4, 0.5) is 30.2 Å². The van der Waals surface area contributed by atoms with Gasteiger partial charge < -0.3 is 10.2 Å². The number of nitrogens with zero attached hydrogens (tertiary/aromatic N) is 1. The van der Waals surface area contributed by atoms with Crippen LogP contribution in [0.25, 0.3) is 5.70 Å². The van der Waals surface area contributed by atoms with Gasteiger partial charge in [-0.3, -0.25) is 0 Å². The van der Waals surface area contributed by atoms with Crippen molar-refractivity contribution in [3.63, 3.8) is 0 Å². The lowest BCUT2D eigenvalue weighted by atomic mass is 10.1. The Balaban J connectivity index is 1.89. The summed E-state index contributed by atoms with van der Waals surface area (Å²) in [5, 5.41) is 3.83. The number of alkyl halides is 3. The molecule has 0 bridgehead atoms. The Kier molecular flexibility index (Phi) is 6.65. The molecule has 0 radical (unpaired) electrons. The molecule has 0 saturated heterocycles. The van der Waals surface area contributed by atoms with Crippen molar-refractivity contribution in [3.8, 4) is 0 Å². The summed E-state index contributed by atoms with van der Waals surface area (Å²) in [5.74, 6) is 0. The predicted molar refractivity (Wildman–Crippen MR) is 124 cm³/mol. The van der Waals surface area contributed by atoms with E-state index < -0.39 is 11.7 Å². The maximum absolute atomic E-state index is 13.3. The molecule has 1 N–H and O–H groups in total. The fourth-order valence-electron chi connectivity index (χ4n) is 3.41. The molecule has 0 aliphatic heterocycles. The molecule has 0 heterocycles. The van der Waals surface area contributed by atoms with Gasteiger partial charge in [0.25, 0.3) is 0 Å². The van der Waals surface area contributed by atoms with Crippen LogP contribution in [0.15, 0.2) is 73.3 Å². The number of aryl methyl sites for hydroxylation is 1. The molecule has 3 aromatic rings. The smallest absolute Gasteiger partial charge is 0.355 e. The van der Waals surface area contributed by atoms with E-state index in [1.165, 1.54) is 12.1 Å². The molecule has 31 heavy (non-hydrogen) atoms. The van der Waals surface area contributed by atoms with Crippen LogP contribution >= 0.6 is 11.6 Å². The Morgan fingerprint density at radius 1 is 1.00 bits per heavy atom. The molecule has 0 atom stereocenters. The molecule has 0 aliphatic carbocycles. The number of rotatable bonds is 6. The van der Waals surface area contributed by atoms with E-state index in [0.29, 0.717) is 16.4 Å². The molecular formula is C25H24ClF3N2. The van der Waals surface area contributed by atoms with Crippen LogP contribution in [0, 0.1) is 6.92 Å². The topological polar surface area (TPSA) is 15.3 Å². The number of hydrogen-bond acceptors (Lipinski definition) is 2. The minimum absolute atomic E-state index is 0.0425. The summed E-state index contributed by atoms with van der Waals surface area (Å²) in [6.45, 7) is 9.76.